The average molecular weight is 363 g/mol. The molecule has 148 valence electrons. The van der Waals surface area contributed by atoms with Gasteiger partial charge in [-0.25, -0.2) is 20.4 Å². The maximum atomic E-state index is 8.35. The highest BCUT2D eigenvalue weighted by Gasteiger charge is 2.10. The molecule has 0 spiro atoms. The van der Waals surface area contributed by atoms with Gasteiger partial charge in [-0.3, -0.25) is 0 Å². The number of isocyanates is 2. The molecular weight excluding hydrogens is 324 g/mol. The first kappa shape index (κ1) is 24.5. The summed E-state index contributed by atoms with van der Waals surface area (Å²) >= 11 is 0. The van der Waals surface area contributed by atoms with Crippen molar-refractivity contribution in [1.29, 1.82) is 10.8 Å². The van der Waals surface area contributed by atoms with Gasteiger partial charge in [-0.15, -0.1) is 0 Å². The summed E-state index contributed by atoms with van der Waals surface area (Å²) in [6.45, 7) is 0. The summed E-state index contributed by atoms with van der Waals surface area (Å²) in [6, 6.07) is 0. The number of allylic oxidation sites excluding steroid dienone is 2. The van der Waals surface area contributed by atoms with E-state index in [2.05, 4.69) is 0 Å². The molecule has 26 heavy (non-hydrogen) atoms. The third-order valence-corrected chi connectivity index (χ3v) is 5.41. The van der Waals surface area contributed by atoms with Gasteiger partial charge in [0.1, 0.15) is 0 Å². The van der Waals surface area contributed by atoms with Crippen molar-refractivity contribution in [3.63, 3.8) is 0 Å². The fourth-order valence-corrected chi connectivity index (χ4v) is 4.08. The van der Waals surface area contributed by atoms with Crippen LogP contribution in [-0.2, 0) is 9.59 Å². The SMILES string of the molecule is C1CCCCC(=C2CCCCCCCCC2)CCCC1.N=C=O.N=C=O. The Balaban J connectivity index is 0.000000918. The van der Waals surface area contributed by atoms with Crippen LogP contribution in [0.15, 0.2) is 11.1 Å². The highest BCUT2D eigenvalue weighted by Crippen LogP contribution is 2.30. The van der Waals surface area contributed by atoms with Crippen molar-refractivity contribution < 1.29 is 9.59 Å². The molecule has 2 saturated carbocycles. The minimum Gasteiger partial charge on any atom is -0.222 e. The Morgan fingerprint density at radius 3 is 0.769 bits per heavy atom. The van der Waals surface area contributed by atoms with Gasteiger partial charge in [0.05, 0.1) is 0 Å². The predicted octanol–water partition coefficient (Wildman–Crippen LogP) is 7.13. The summed E-state index contributed by atoms with van der Waals surface area (Å²) in [5.41, 5.74) is 3.82. The first-order chi connectivity index (χ1) is 12.8. The lowest BCUT2D eigenvalue weighted by Crippen LogP contribution is -1.99. The standard InChI is InChI=1S/C20H36.2CHNO/c1-3-7-11-15-19(16-12-8-4-1)20-17-13-9-5-2-6-10-14-18-20;2*2-1-3/h1-18H2;2*2H. The maximum absolute atomic E-state index is 8.35. The molecule has 0 radical (unpaired) electrons. The molecule has 0 aromatic heterocycles. The quantitative estimate of drug-likeness (QED) is 0.273. The molecular formula is C22H38N2O2. The molecule has 2 aliphatic carbocycles. The minimum atomic E-state index is 0.750. The Labute approximate surface area is 159 Å². The lowest BCUT2D eigenvalue weighted by molar-refractivity contribution is 0.528. The fourth-order valence-electron chi connectivity index (χ4n) is 4.08. The van der Waals surface area contributed by atoms with E-state index in [9.17, 15) is 0 Å². The van der Waals surface area contributed by atoms with Crippen molar-refractivity contribution in [1.82, 2.24) is 0 Å². The van der Waals surface area contributed by atoms with Gasteiger partial charge in [-0.1, -0.05) is 75.4 Å². The molecule has 0 bridgehead atoms. The molecule has 4 heteroatoms. The molecule has 0 saturated heterocycles. The van der Waals surface area contributed by atoms with Crippen LogP contribution < -0.4 is 0 Å². The van der Waals surface area contributed by atoms with Crippen molar-refractivity contribution in [3.8, 4) is 0 Å². The van der Waals surface area contributed by atoms with Crippen molar-refractivity contribution in [3.05, 3.63) is 11.1 Å². The Morgan fingerprint density at radius 2 is 0.577 bits per heavy atom. The van der Waals surface area contributed by atoms with Gasteiger partial charge in [0, 0.05) is 0 Å². The minimum absolute atomic E-state index is 0.750. The fraction of sp³-hybridized carbons (Fsp3) is 0.818. The number of rotatable bonds is 0. The monoisotopic (exact) mass is 362 g/mol. The summed E-state index contributed by atoms with van der Waals surface area (Å²) in [5.74, 6) is 0. The first-order valence-electron chi connectivity index (χ1n) is 10.6. The predicted molar refractivity (Wildman–Crippen MR) is 107 cm³/mol. The van der Waals surface area contributed by atoms with Crippen LogP contribution in [0.25, 0.3) is 0 Å². The van der Waals surface area contributed by atoms with Gasteiger partial charge >= 0.3 is 0 Å². The zero-order valence-corrected chi connectivity index (χ0v) is 16.5. The van der Waals surface area contributed by atoms with Crippen LogP contribution in [0.4, 0.5) is 0 Å². The molecule has 0 aliphatic heterocycles. The largest absolute Gasteiger partial charge is 0.231 e. The van der Waals surface area contributed by atoms with Gasteiger partial charge in [0.2, 0.25) is 12.2 Å². The van der Waals surface area contributed by atoms with Crippen LogP contribution in [0.5, 0.6) is 0 Å². The van der Waals surface area contributed by atoms with Crippen LogP contribution in [0.2, 0.25) is 0 Å². The molecule has 4 nitrogen and oxygen atoms in total. The Morgan fingerprint density at radius 1 is 0.423 bits per heavy atom. The van der Waals surface area contributed by atoms with E-state index in [1.165, 1.54) is 116 Å². The lowest BCUT2D eigenvalue weighted by Gasteiger charge is -2.18. The zero-order valence-electron chi connectivity index (χ0n) is 16.5. The summed E-state index contributed by atoms with van der Waals surface area (Å²) in [7, 11) is 0. The number of nitrogens with one attached hydrogen (secondary N) is 2. The molecule has 2 N–H and O–H groups in total. The van der Waals surface area contributed by atoms with Crippen LogP contribution in [0.3, 0.4) is 0 Å². The van der Waals surface area contributed by atoms with Gasteiger partial charge in [-0.2, -0.15) is 0 Å². The average Bonchev–Trinajstić information content (AvgIpc) is 2.65. The van der Waals surface area contributed by atoms with E-state index in [4.69, 9.17) is 20.4 Å². The second-order valence-corrected chi connectivity index (χ2v) is 7.36. The molecule has 0 amide bonds. The number of hydrogen-bond donors (Lipinski definition) is 2. The van der Waals surface area contributed by atoms with Gasteiger partial charge in [-0.05, 0) is 51.4 Å². The van der Waals surface area contributed by atoms with Crippen molar-refractivity contribution in [2.24, 2.45) is 0 Å². The Hall–Kier alpha value is -1.50. The van der Waals surface area contributed by atoms with E-state index in [0.29, 0.717) is 0 Å². The van der Waals surface area contributed by atoms with Gasteiger partial charge in [0.15, 0.2) is 0 Å². The first-order valence-corrected chi connectivity index (χ1v) is 10.6. The van der Waals surface area contributed by atoms with E-state index < -0.39 is 0 Å². The summed E-state index contributed by atoms with van der Waals surface area (Å²) in [6.07, 6.45) is 28.0. The topological polar surface area (TPSA) is 81.8 Å². The highest BCUT2D eigenvalue weighted by molar-refractivity contribution is 5.26. The molecule has 0 heterocycles. The van der Waals surface area contributed by atoms with E-state index in [-0.39, 0.29) is 0 Å². The molecule has 0 aromatic carbocycles. The van der Waals surface area contributed by atoms with Gasteiger partial charge < -0.3 is 0 Å². The maximum Gasteiger partial charge on any atom is 0.231 e. The third-order valence-electron chi connectivity index (χ3n) is 5.41. The van der Waals surface area contributed by atoms with Crippen molar-refractivity contribution >= 4 is 12.2 Å². The molecule has 0 aromatic rings. The number of carbonyl (C=O) groups excluding carboxylic acids is 2. The second kappa shape index (κ2) is 19.8. The van der Waals surface area contributed by atoms with E-state index in [1.54, 1.807) is 0 Å². The smallest absolute Gasteiger partial charge is 0.222 e. The summed E-state index contributed by atoms with van der Waals surface area (Å²) in [5, 5.41) is 10.8. The van der Waals surface area contributed by atoms with E-state index in [1.807, 2.05) is 11.1 Å². The normalized spacial score (nSPS) is 20.0. The van der Waals surface area contributed by atoms with E-state index >= 15 is 0 Å². The summed E-state index contributed by atoms with van der Waals surface area (Å²) in [4.78, 5) is 16.7. The second-order valence-electron chi connectivity index (χ2n) is 7.36. The molecule has 2 fully saturated rings. The van der Waals surface area contributed by atoms with Crippen LogP contribution in [0, 0.1) is 10.8 Å². The molecule has 0 atom stereocenters. The molecule has 2 aliphatic rings. The van der Waals surface area contributed by atoms with Crippen LogP contribution >= 0.6 is 0 Å². The number of hydrogen-bond acceptors (Lipinski definition) is 4. The lowest BCUT2D eigenvalue weighted by atomic mass is 9.88. The van der Waals surface area contributed by atoms with Gasteiger partial charge in [0.25, 0.3) is 0 Å². The molecule has 2 rings (SSSR count). The van der Waals surface area contributed by atoms with Crippen LogP contribution in [0.1, 0.15) is 116 Å². The Bertz CT molecular complexity index is 367. The highest BCUT2D eigenvalue weighted by atomic mass is 16.1. The molecule has 0 unspecified atom stereocenters. The summed E-state index contributed by atoms with van der Waals surface area (Å²) < 4.78 is 0. The zero-order chi connectivity index (χ0) is 19.3. The van der Waals surface area contributed by atoms with Crippen molar-refractivity contribution in [2.75, 3.05) is 0 Å². The third kappa shape index (κ3) is 14.8. The Kier molecular flexibility index (Phi) is 18.7. The van der Waals surface area contributed by atoms with Crippen molar-refractivity contribution in [2.45, 2.75) is 116 Å². The van der Waals surface area contributed by atoms with E-state index in [0.717, 1.165) is 12.2 Å². The van der Waals surface area contributed by atoms with Crippen LogP contribution in [-0.4, -0.2) is 12.2 Å².